The second-order valence-electron chi connectivity index (χ2n) is 6.91. The average molecular weight is 370 g/mol. The molecule has 2 aromatic rings. The number of carbonyl (C=O) groups excluding carboxylic acids is 2. The summed E-state index contributed by atoms with van der Waals surface area (Å²) in [5, 5.41) is 2.82. The number of alkyl carbamates (subject to hydrolysis) is 1. The molecule has 2 rings (SSSR count). The molecule has 2 amide bonds. The van der Waals surface area contributed by atoms with Crippen LogP contribution in [-0.4, -0.2) is 36.0 Å². The van der Waals surface area contributed by atoms with Gasteiger partial charge in [-0.05, 0) is 32.8 Å². The van der Waals surface area contributed by atoms with E-state index in [1.165, 1.54) is 0 Å². The second-order valence-corrected chi connectivity index (χ2v) is 6.91. The highest BCUT2D eigenvalue weighted by Crippen LogP contribution is 2.05. The number of pyridine rings is 1. The van der Waals surface area contributed by atoms with Crippen molar-refractivity contribution in [2.45, 2.75) is 46.0 Å². The van der Waals surface area contributed by atoms with Crippen LogP contribution >= 0.6 is 0 Å². The first-order valence-electron chi connectivity index (χ1n) is 9.10. The summed E-state index contributed by atoms with van der Waals surface area (Å²) >= 11 is 0. The molecule has 6 nitrogen and oxygen atoms in total. The molecule has 0 aliphatic rings. The van der Waals surface area contributed by atoms with Crippen molar-refractivity contribution in [2.75, 3.05) is 7.05 Å². The first-order valence-corrected chi connectivity index (χ1v) is 9.10. The summed E-state index contributed by atoms with van der Waals surface area (Å²) in [6.07, 6.45) is 3.72. The maximum Gasteiger partial charge on any atom is 0.412 e. The maximum absolute atomic E-state index is 12.3. The van der Waals surface area contributed by atoms with Crippen molar-refractivity contribution in [1.82, 2.24) is 10.2 Å². The third-order valence-electron chi connectivity index (χ3n) is 4.33. The molecule has 1 aromatic carbocycles. The van der Waals surface area contributed by atoms with Gasteiger partial charge in [-0.2, -0.15) is 4.57 Å². The zero-order chi connectivity index (χ0) is 19.8. The number of carbonyl (C=O) groups is 2. The lowest BCUT2D eigenvalue weighted by molar-refractivity contribution is -0.727. The highest BCUT2D eigenvalue weighted by Gasteiger charge is 2.16. The quantitative estimate of drug-likeness (QED) is 0.763. The Morgan fingerprint density at radius 2 is 1.70 bits per heavy atom. The Balaban J connectivity index is 1.80. The summed E-state index contributed by atoms with van der Waals surface area (Å²) in [7, 11) is 1.78. The van der Waals surface area contributed by atoms with Crippen molar-refractivity contribution < 1.29 is 18.9 Å². The van der Waals surface area contributed by atoms with Gasteiger partial charge in [0.15, 0.2) is 12.4 Å². The van der Waals surface area contributed by atoms with Crippen LogP contribution in [0.1, 0.15) is 36.7 Å². The number of aromatic nitrogens is 1. The molecule has 0 fully saturated rings. The first kappa shape index (κ1) is 20.4. The van der Waals surface area contributed by atoms with Crippen LogP contribution < -0.4 is 9.88 Å². The average Bonchev–Trinajstić information content (AvgIpc) is 2.66. The molecule has 144 valence electrons. The van der Waals surface area contributed by atoms with Crippen molar-refractivity contribution in [2.24, 2.45) is 0 Å². The minimum absolute atomic E-state index is 0.0310. The van der Waals surface area contributed by atoms with Crippen LogP contribution in [0.25, 0.3) is 0 Å². The van der Waals surface area contributed by atoms with Crippen molar-refractivity contribution in [3.8, 4) is 0 Å². The van der Waals surface area contributed by atoms with Crippen molar-refractivity contribution in [3.63, 3.8) is 0 Å². The zero-order valence-electron chi connectivity index (χ0n) is 16.4. The Hall–Kier alpha value is -2.89. The van der Waals surface area contributed by atoms with Gasteiger partial charge in [-0.25, -0.2) is 4.79 Å². The number of ether oxygens (including phenoxy) is 1. The largest absolute Gasteiger partial charge is 0.412 e. The van der Waals surface area contributed by atoms with E-state index in [1.807, 2.05) is 51.1 Å². The Kier molecular flexibility index (Phi) is 7.34. The summed E-state index contributed by atoms with van der Waals surface area (Å²) in [5.74, 6) is -0.0365. The minimum Gasteiger partial charge on any atom is -0.388 e. The van der Waals surface area contributed by atoms with Crippen LogP contribution in [0.5, 0.6) is 0 Å². The standard InChI is InChI=1S/C21H27N3O3/c1-16(2)23(4)20(25)19-10-12-24(13-11-19)15-27-21(26)22-17(3)14-18-8-6-5-7-9-18/h5-13,16-17H,14-15H2,1-4H3/p+1/t17-/m0/s1. The van der Waals surface area contributed by atoms with Gasteiger partial charge in [-0.15, -0.1) is 0 Å². The van der Waals surface area contributed by atoms with Gasteiger partial charge in [-0.1, -0.05) is 30.3 Å². The van der Waals surface area contributed by atoms with E-state index >= 15 is 0 Å². The summed E-state index contributed by atoms with van der Waals surface area (Å²) in [5.41, 5.74) is 1.76. The molecule has 0 radical (unpaired) electrons. The molecule has 0 aliphatic carbocycles. The topological polar surface area (TPSA) is 62.5 Å². The third-order valence-corrected chi connectivity index (χ3v) is 4.33. The normalized spacial score (nSPS) is 11.7. The lowest BCUT2D eigenvalue weighted by Gasteiger charge is -2.21. The fraction of sp³-hybridized carbons (Fsp3) is 0.381. The number of amides is 2. The molecule has 0 aliphatic heterocycles. The molecule has 1 aromatic heterocycles. The number of hydrogen-bond acceptors (Lipinski definition) is 3. The third kappa shape index (κ3) is 6.40. The van der Waals surface area contributed by atoms with E-state index in [0.29, 0.717) is 5.56 Å². The Morgan fingerprint density at radius 1 is 1.07 bits per heavy atom. The molecule has 0 unspecified atom stereocenters. The number of hydrogen-bond donors (Lipinski definition) is 1. The second kappa shape index (κ2) is 9.71. The summed E-state index contributed by atoms with van der Waals surface area (Å²) in [6.45, 7) is 5.95. The molecular formula is C21H28N3O3+. The van der Waals surface area contributed by atoms with Crippen molar-refractivity contribution in [3.05, 3.63) is 66.0 Å². The molecule has 0 spiro atoms. The van der Waals surface area contributed by atoms with Crippen LogP contribution in [0.2, 0.25) is 0 Å². The van der Waals surface area contributed by atoms with Crippen LogP contribution in [0, 0.1) is 0 Å². The molecule has 0 bridgehead atoms. The van der Waals surface area contributed by atoms with Gasteiger partial charge in [0.2, 0.25) is 0 Å². The SMILES string of the molecule is CC(C)N(C)C(=O)c1cc[n+](COC(=O)N[C@@H](C)Cc2ccccc2)cc1. The smallest absolute Gasteiger partial charge is 0.388 e. The van der Waals surface area contributed by atoms with Crippen LogP contribution in [-0.2, 0) is 17.9 Å². The van der Waals surface area contributed by atoms with E-state index in [4.69, 9.17) is 4.74 Å². The lowest BCUT2D eigenvalue weighted by atomic mass is 10.1. The van der Waals surface area contributed by atoms with Gasteiger partial charge in [-0.3, -0.25) is 4.79 Å². The highest BCUT2D eigenvalue weighted by molar-refractivity contribution is 5.93. The number of nitrogens with one attached hydrogen (secondary N) is 1. The molecule has 0 saturated carbocycles. The van der Waals surface area contributed by atoms with Gasteiger partial charge in [0, 0.05) is 31.3 Å². The Labute approximate surface area is 160 Å². The Bertz CT molecular complexity index is 745. The minimum atomic E-state index is -0.467. The fourth-order valence-corrected chi connectivity index (χ4v) is 2.52. The number of nitrogens with zero attached hydrogens (tertiary/aromatic N) is 2. The van der Waals surface area contributed by atoms with Crippen LogP contribution in [0.4, 0.5) is 4.79 Å². The summed E-state index contributed by atoms with van der Waals surface area (Å²) in [4.78, 5) is 25.9. The molecule has 0 saturated heterocycles. The maximum atomic E-state index is 12.3. The first-order chi connectivity index (χ1) is 12.9. The number of rotatable bonds is 7. The predicted octanol–water partition coefficient (Wildman–Crippen LogP) is 2.77. The van der Waals surface area contributed by atoms with Gasteiger partial charge >= 0.3 is 6.09 Å². The summed E-state index contributed by atoms with van der Waals surface area (Å²) in [6, 6.07) is 13.5. The molecular weight excluding hydrogens is 342 g/mol. The molecule has 1 N–H and O–H groups in total. The van der Waals surface area contributed by atoms with Gasteiger partial charge in [0.25, 0.3) is 12.6 Å². The van der Waals surface area contributed by atoms with Crippen LogP contribution in [0.3, 0.4) is 0 Å². The number of benzene rings is 1. The van der Waals surface area contributed by atoms with E-state index in [0.717, 1.165) is 12.0 Å². The van der Waals surface area contributed by atoms with E-state index in [2.05, 4.69) is 5.32 Å². The van der Waals surface area contributed by atoms with Crippen LogP contribution in [0.15, 0.2) is 54.9 Å². The fourth-order valence-electron chi connectivity index (χ4n) is 2.52. The van der Waals surface area contributed by atoms with E-state index in [-0.39, 0.29) is 24.7 Å². The monoisotopic (exact) mass is 370 g/mol. The van der Waals surface area contributed by atoms with E-state index in [1.54, 1.807) is 41.0 Å². The summed E-state index contributed by atoms with van der Waals surface area (Å²) < 4.78 is 6.94. The van der Waals surface area contributed by atoms with Crippen molar-refractivity contribution >= 4 is 12.0 Å². The predicted molar refractivity (Wildman–Crippen MR) is 103 cm³/mol. The molecule has 27 heavy (non-hydrogen) atoms. The molecule has 1 heterocycles. The van der Waals surface area contributed by atoms with Gasteiger partial charge < -0.3 is 15.0 Å². The molecule has 1 atom stereocenters. The zero-order valence-corrected chi connectivity index (χ0v) is 16.4. The Morgan fingerprint density at radius 3 is 2.30 bits per heavy atom. The highest BCUT2D eigenvalue weighted by atomic mass is 16.6. The van der Waals surface area contributed by atoms with Gasteiger partial charge in [0.1, 0.15) is 0 Å². The lowest BCUT2D eigenvalue weighted by Crippen LogP contribution is -2.41. The van der Waals surface area contributed by atoms with Crippen molar-refractivity contribution in [1.29, 1.82) is 0 Å². The van der Waals surface area contributed by atoms with E-state index < -0.39 is 6.09 Å². The van der Waals surface area contributed by atoms with Gasteiger partial charge in [0.05, 0.1) is 5.56 Å². The van der Waals surface area contributed by atoms with E-state index in [9.17, 15) is 9.59 Å². The molecule has 6 heteroatoms.